The highest BCUT2D eigenvalue weighted by Gasteiger charge is 2.13. The molecular weight excluding hydrogens is 264 g/mol. The summed E-state index contributed by atoms with van der Waals surface area (Å²) >= 11 is 0. The lowest BCUT2D eigenvalue weighted by Crippen LogP contribution is -2.32. The monoisotopic (exact) mass is 277 g/mol. The van der Waals surface area contributed by atoms with Crippen LogP contribution in [0.1, 0.15) is 5.56 Å². The molecule has 0 radical (unpaired) electrons. The molecule has 0 heterocycles. The summed E-state index contributed by atoms with van der Waals surface area (Å²) in [6.45, 7) is 0. The minimum absolute atomic E-state index is 0.166. The second-order valence-electron chi connectivity index (χ2n) is 4.45. The fourth-order valence-electron chi connectivity index (χ4n) is 1.89. The number of halogens is 2. The second-order valence-corrected chi connectivity index (χ2v) is 4.45. The molecule has 0 bridgehead atoms. The van der Waals surface area contributed by atoms with Gasteiger partial charge in [0.2, 0.25) is 0 Å². The number of carbonyl (C=O) groups is 1. The molecule has 3 nitrogen and oxygen atoms in total. The fraction of sp³-hybridized carbons (Fsp3) is 0.133. The van der Waals surface area contributed by atoms with E-state index in [1.807, 2.05) is 0 Å². The number of hydrogen-bond acceptors (Lipinski definition) is 2. The van der Waals surface area contributed by atoms with Crippen LogP contribution in [0.15, 0.2) is 42.5 Å². The number of carboxylic acid groups (broad SMARTS) is 1. The normalized spacial score (nSPS) is 12.2. The van der Waals surface area contributed by atoms with Gasteiger partial charge in [0.15, 0.2) is 11.6 Å². The van der Waals surface area contributed by atoms with Crippen molar-refractivity contribution in [3.05, 3.63) is 59.7 Å². The van der Waals surface area contributed by atoms with Gasteiger partial charge in [-0.05, 0) is 23.6 Å². The van der Waals surface area contributed by atoms with Crippen molar-refractivity contribution in [2.45, 2.75) is 12.5 Å². The third-order valence-corrected chi connectivity index (χ3v) is 2.99. The van der Waals surface area contributed by atoms with Gasteiger partial charge in [0.25, 0.3) is 0 Å². The number of nitrogens with two attached hydrogens (primary N) is 1. The third-order valence-electron chi connectivity index (χ3n) is 2.99. The fourth-order valence-corrected chi connectivity index (χ4v) is 1.89. The predicted octanol–water partition coefficient (Wildman–Crippen LogP) is 2.59. The Bertz CT molecular complexity index is 626. The number of rotatable bonds is 4. The molecule has 0 aliphatic rings. The van der Waals surface area contributed by atoms with Gasteiger partial charge in [-0.1, -0.05) is 36.4 Å². The number of benzene rings is 2. The average molecular weight is 277 g/mol. The van der Waals surface area contributed by atoms with Gasteiger partial charge in [-0.15, -0.1) is 0 Å². The van der Waals surface area contributed by atoms with Gasteiger partial charge in [0.1, 0.15) is 6.04 Å². The maximum atomic E-state index is 13.6. The first-order valence-corrected chi connectivity index (χ1v) is 6.00. The number of carboxylic acids is 1. The van der Waals surface area contributed by atoms with E-state index in [-0.39, 0.29) is 12.0 Å². The molecule has 2 rings (SSSR count). The van der Waals surface area contributed by atoms with Crippen LogP contribution in [-0.2, 0) is 11.2 Å². The molecule has 0 aliphatic heterocycles. The maximum absolute atomic E-state index is 13.6. The van der Waals surface area contributed by atoms with Crippen molar-refractivity contribution < 1.29 is 18.7 Å². The summed E-state index contributed by atoms with van der Waals surface area (Å²) in [5.74, 6) is -2.88. The van der Waals surface area contributed by atoms with Gasteiger partial charge in [0.05, 0.1) is 0 Å². The van der Waals surface area contributed by atoms with E-state index >= 15 is 0 Å². The van der Waals surface area contributed by atoms with E-state index in [9.17, 15) is 13.6 Å². The van der Waals surface area contributed by atoms with Gasteiger partial charge >= 0.3 is 5.97 Å². The topological polar surface area (TPSA) is 63.3 Å². The standard InChI is InChI=1S/C15H13F2NO2/c16-12-3-1-2-11(14(12)17)10-6-4-9(5-7-10)8-13(18)15(19)20/h1-7,13H,8,18H2,(H,19,20)/t13-/m0/s1. The molecule has 0 saturated heterocycles. The Morgan fingerprint density at radius 3 is 2.40 bits per heavy atom. The highest BCUT2D eigenvalue weighted by Crippen LogP contribution is 2.24. The summed E-state index contributed by atoms with van der Waals surface area (Å²) in [6.07, 6.45) is 0.182. The van der Waals surface area contributed by atoms with Gasteiger partial charge in [-0.3, -0.25) is 4.79 Å². The predicted molar refractivity (Wildman–Crippen MR) is 71.1 cm³/mol. The highest BCUT2D eigenvalue weighted by molar-refractivity contribution is 5.73. The first kappa shape index (κ1) is 14.1. The zero-order valence-electron chi connectivity index (χ0n) is 10.5. The van der Waals surface area contributed by atoms with Crippen LogP contribution in [0.2, 0.25) is 0 Å². The average Bonchev–Trinajstić information content (AvgIpc) is 2.43. The molecule has 0 aromatic heterocycles. The highest BCUT2D eigenvalue weighted by atomic mass is 19.2. The van der Waals surface area contributed by atoms with E-state index in [0.717, 1.165) is 11.6 Å². The van der Waals surface area contributed by atoms with Crippen LogP contribution in [0, 0.1) is 11.6 Å². The van der Waals surface area contributed by atoms with Crippen molar-refractivity contribution in [3.63, 3.8) is 0 Å². The molecule has 104 valence electrons. The smallest absolute Gasteiger partial charge is 0.320 e. The van der Waals surface area contributed by atoms with E-state index in [4.69, 9.17) is 10.8 Å². The molecule has 0 unspecified atom stereocenters. The lowest BCUT2D eigenvalue weighted by atomic mass is 10.0. The van der Waals surface area contributed by atoms with E-state index in [1.165, 1.54) is 12.1 Å². The number of hydrogen-bond donors (Lipinski definition) is 2. The third kappa shape index (κ3) is 3.00. The largest absolute Gasteiger partial charge is 0.480 e. The van der Waals surface area contributed by atoms with Crippen LogP contribution >= 0.6 is 0 Å². The van der Waals surface area contributed by atoms with Crippen LogP contribution in [0.3, 0.4) is 0 Å². The van der Waals surface area contributed by atoms with Crippen LogP contribution in [0.5, 0.6) is 0 Å². The molecule has 20 heavy (non-hydrogen) atoms. The molecule has 0 aliphatic carbocycles. The minimum atomic E-state index is -1.08. The summed E-state index contributed by atoms with van der Waals surface area (Å²) in [5, 5.41) is 8.73. The molecule has 5 heteroatoms. The summed E-state index contributed by atoms with van der Waals surface area (Å²) in [7, 11) is 0. The van der Waals surface area contributed by atoms with Crippen LogP contribution in [-0.4, -0.2) is 17.1 Å². The Morgan fingerprint density at radius 2 is 1.80 bits per heavy atom. The lowest BCUT2D eigenvalue weighted by molar-refractivity contribution is -0.138. The summed E-state index contributed by atoms with van der Waals surface area (Å²) in [6, 6.07) is 9.53. The van der Waals surface area contributed by atoms with E-state index in [2.05, 4.69) is 0 Å². The zero-order valence-corrected chi connectivity index (χ0v) is 10.5. The summed E-state index contributed by atoms with van der Waals surface area (Å²) < 4.78 is 26.8. The lowest BCUT2D eigenvalue weighted by Gasteiger charge is -2.08. The Labute approximate surface area is 114 Å². The first-order chi connectivity index (χ1) is 9.49. The number of aliphatic carboxylic acids is 1. The Morgan fingerprint density at radius 1 is 1.15 bits per heavy atom. The van der Waals surface area contributed by atoms with E-state index < -0.39 is 23.6 Å². The molecule has 1 atom stereocenters. The van der Waals surface area contributed by atoms with Gasteiger partial charge in [-0.25, -0.2) is 8.78 Å². The molecular formula is C15H13F2NO2. The van der Waals surface area contributed by atoms with Crippen molar-refractivity contribution in [1.82, 2.24) is 0 Å². The summed E-state index contributed by atoms with van der Waals surface area (Å²) in [4.78, 5) is 10.7. The molecule has 0 amide bonds. The quantitative estimate of drug-likeness (QED) is 0.902. The van der Waals surface area contributed by atoms with E-state index in [1.54, 1.807) is 24.3 Å². The van der Waals surface area contributed by atoms with Gasteiger partial charge < -0.3 is 10.8 Å². The van der Waals surface area contributed by atoms with E-state index in [0.29, 0.717) is 5.56 Å². The SMILES string of the molecule is N[C@@H](Cc1ccc(-c2cccc(F)c2F)cc1)C(=O)O. The molecule has 0 saturated carbocycles. The van der Waals surface area contributed by atoms with Crippen LogP contribution in [0.4, 0.5) is 8.78 Å². The van der Waals surface area contributed by atoms with Gasteiger partial charge in [-0.2, -0.15) is 0 Å². The summed E-state index contributed by atoms with van der Waals surface area (Å²) in [5.41, 5.74) is 6.84. The van der Waals surface area contributed by atoms with Gasteiger partial charge in [0, 0.05) is 5.56 Å². The molecule has 0 fully saturated rings. The van der Waals surface area contributed by atoms with Crippen LogP contribution in [0.25, 0.3) is 11.1 Å². The first-order valence-electron chi connectivity index (χ1n) is 6.00. The van der Waals surface area contributed by atoms with Crippen LogP contribution < -0.4 is 5.73 Å². The van der Waals surface area contributed by atoms with Crippen molar-refractivity contribution >= 4 is 5.97 Å². The van der Waals surface area contributed by atoms with Crippen molar-refractivity contribution in [3.8, 4) is 11.1 Å². The van der Waals surface area contributed by atoms with Crippen molar-refractivity contribution in [2.24, 2.45) is 5.73 Å². The molecule has 0 spiro atoms. The Hall–Kier alpha value is -2.27. The maximum Gasteiger partial charge on any atom is 0.320 e. The minimum Gasteiger partial charge on any atom is -0.480 e. The molecule has 2 aromatic carbocycles. The zero-order chi connectivity index (χ0) is 14.7. The van der Waals surface area contributed by atoms with Crippen molar-refractivity contribution in [2.75, 3.05) is 0 Å². The second kappa shape index (κ2) is 5.79. The van der Waals surface area contributed by atoms with Crippen molar-refractivity contribution in [1.29, 1.82) is 0 Å². The molecule has 3 N–H and O–H groups in total. The Kier molecular flexibility index (Phi) is 4.10. The molecule has 2 aromatic rings. The Balaban J connectivity index is 2.24.